The Balaban J connectivity index is 1.61. The van der Waals surface area contributed by atoms with Crippen molar-refractivity contribution in [2.75, 3.05) is 11.4 Å². The molecule has 1 aliphatic heterocycles. The number of hydrogen-bond acceptors (Lipinski definition) is 6. The molecule has 0 unspecified atom stereocenters. The van der Waals surface area contributed by atoms with Crippen LogP contribution in [-0.4, -0.2) is 36.9 Å². The molecule has 4 rings (SSSR count). The second-order valence-electron chi connectivity index (χ2n) is 8.06. The molecule has 3 N–H and O–H groups in total. The zero-order valence-electron chi connectivity index (χ0n) is 17.1. The zero-order valence-corrected chi connectivity index (χ0v) is 17.8. The summed E-state index contributed by atoms with van der Waals surface area (Å²) < 4.78 is 30.1. The molecule has 11 heteroatoms. The van der Waals surface area contributed by atoms with Gasteiger partial charge < -0.3 is 15.2 Å². The Morgan fingerprint density at radius 1 is 1.39 bits per heavy atom. The third kappa shape index (κ3) is 4.17. The van der Waals surface area contributed by atoms with Crippen LogP contribution in [0.2, 0.25) is 5.02 Å². The number of rotatable bonds is 5. The molecule has 164 valence electrons. The average molecular weight is 450 g/mol. The first-order valence-corrected chi connectivity index (χ1v) is 10.1. The Labute approximate surface area is 182 Å². The summed E-state index contributed by atoms with van der Waals surface area (Å²) in [7, 11) is 0. The van der Waals surface area contributed by atoms with Gasteiger partial charge in [0.05, 0.1) is 48.7 Å². The van der Waals surface area contributed by atoms with Crippen molar-refractivity contribution in [1.82, 2.24) is 24.7 Å². The number of H-pyrrole nitrogens is 1. The third-order valence-corrected chi connectivity index (χ3v) is 5.83. The van der Waals surface area contributed by atoms with E-state index in [2.05, 4.69) is 20.2 Å². The highest BCUT2D eigenvalue weighted by Crippen LogP contribution is 2.30. The van der Waals surface area contributed by atoms with Crippen LogP contribution in [0.25, 0.3) is 0 Å². The lowest BCUT2D eigenvalue weighted by atomic mass is 9.95. The molecular weight excluding hydrogens is 428 g/mol. The highest BCUT2D eigenvalue weighted by molar-refractivity contribution is 6.32. The molecule has 0 amide bonds. The highest BCUT2D eigenvalue weighted by Gasteiger charge is 2.31. The van der Waals surface area contributed by atoms with Gasteiger partial charge in [0.25, 0.3) is 5.56 Å². The average Bonchev–Trinajstić information content (AvgIpc) is 3.12. The molecule has 0 spiro atoms. The first-order valence-electron chi connectivity index (χ1n) is 9.76. The van der Waals surface area contributed by atoms with E-state index >= 15 is 0 Å². The standard InChI is InChI=1S/C20H22ClF2N7O/c1-20(2,23)18(24)17-11(3-4-15(22)27-17)8-30-10-25-12-9-29(6-5-13(12)30)14-7-26-28-19(31)16(14)21/h3-4,7,10,18H,5-6,8-9,24H2,1-2H3,(H,28,31)/t18-/m0/s1. The fourth-order valence-electron chi connectivity index (χ4n) is 3.70. The van der Waals surface area contributed by atoms with Crippen molar-refractivity contribution in [2.45, 2.75) is 45.1 Å². The van der Waals surface area contributed by atoms with Crippen molar-refractivity contribution < 1.29 is 8.78 Å². The number of hydrogen-bond donors (Lipinski definition) is 2. The summed E-state index contributed by atoms with van der Waals surface area (Å²) in [4.78, 5) is 22.1. The number of imidazole rings is 1. The Morgan fingerprint density at radius 3 is 2.90 bits per heavy atom. The number of aromatic amines is 1. The van der Waals surface area contributed by atoms with Gasteiger partial charge in [-0.3, -0.25) is 4.79 Å². The molecule has 0 aromatic carbocycles. The van der Waals surface area contributed by atoms with E-state index < -0.39 is 23.2 Å². The van der Waals surface area contributed by atoms with Crippen LogP contribution in [0.3, 0.4) is 0 Å². The number of nitrogens with two attached hydrogens (primary N) is 1. The summed E-state index contributed by atoms with van der Waals surface area (Å²) in [6, 6.07) is 1.75. The fourth-order valence-corrected chi connectivity index (χ4v) is 3.91. The van der Waals surface area contributed by atoms with Gasteiger partial charge in [0, 0.05) is 18.7 Å². The van der Waals surface area contributed by atoms with Crippen LogP contribution in [0.1, 0.15) is 42.5 Å². The molecule has 3 aromatic heterocycles. The molecule has 0 saturated carbocycles. The first kappa shape index (κ1) is 21.4. The summed E-state index contributed by atoms with van der Waals surface area (Å²) >= 11 is 6.13. The highest BCUT2D eigenvalue weighted by atomic mass is 35.5. The van der Waals surface area contributed by atoms with Gasteiger partial charge >= 0.3 is 0 Å². The third-order valence-electron chi connectivity index (χ3n) is 5.46. The molecule has 8 nitrogen and oxygen atoms in total. The molecule has 4 heterocycles. The Bertz CT molecular complexity index is 1170. The van der Waals surface area contributed by atoms with Crippen molar-refractivity contribution in [3.63, 3.8) is 0 Å². The van der Waals surface area contributed by atoms with E-state index in [4.69, 9.17) is 17.3 Å². The maximum Gasteiger partial charge on any atom is 0.285 e. The maximum absolute atomic E-state index is 14.4. The van der Waals surface area contributed by atoms with Gasteiger partial charge in [0.2, 0.25) is 5.95 Å². The summed E-state index contributed by atoms with van der Waals surface area (Å²) in [6.07, 6.45) is 3.84. The lowest BCUT2D eigenvalue weighted by Crippen LogP contribution is -2.34. The van der Waals surface area contributed by atoms with E-state index in [1.807, 2.05) is 9.47 Å². The van der Waals surface area contributed by atoms with Gasteiger partial charge in [0.15, 0.2) is 0 Å². The topological polar surface area (TPSA) is 106 Å². The largest absolute Gasteiger partial charge is 0.362 e. The van der Waals surface area contributed by atoms with Gasteiger partial charge in [-0.25, -0.2) is 19.5 Å². The zero-order chi connectivity index (χ0) is 22.3. The molecule has 0 bridgehead atoms. The van der Waals surface area contributed by atoms with E-state index in [9.17, 15) is 13.6 Å². The molecule has 0 radical (unpaired) electrons. The normalized spacial score (nSPS) is 15.1. The quantitative estimate of drug-likeness (QED) is 0.580. The molecule has 3 aromatic rings. The van der Waals surface area contributed by atoms with Crippen molar-refractivity contribution in [3.05, 3.63) is 68.6 Å². The van der Waals surface area contributed by atoms with Crippen molar-refractivity contribution >= 4 is 17.3 Å². The number of anilines is 1. The van der Waals surface area contributed by atoms with Crippen LogP contribution in [0.15, 0.2) is 29.5 Å². The maximum atomic E-state index is 14.4. The van der Waals surface area contributed by atoms with Crippen LogP contribution in [0.4, 0.5) is 14.5 Å². The number of alkyl halides is 1. The van der Waals surface area contributed by atoms with Gasteiger partial charge in [-0.15, -0.1) is 0 Å². The van der Waals surface area contributed by atoms with E-state index in [0.29, 0.717) is 37.3 Å². The molecule has 0 aliphatic carbocycles. The molecule has 0 fully saturated rings. The van der Waals surface area contributed by atoms with Crippen molar-refractivity contribution in [3.8, 4) is 0 Å². The summed E-state index contributed by atoms with van der Waals surface area (Å²) in [5.74, 6) is -0.704. The second kappa shape index (κ2) is 8.01. The lowest BCUT2D eigenvalue weighted by molar-refractivity contribution is 0.170. The van der Waals surface area contributed by atoms with Gasteiger partial charge in [0.1, 0.15) is 10.7 Å². The lowest BCUT2D eigenvalue weighted by Gasteiger charge is -2.29. The number of halogens is 3. The summed E-state index contributed by atoms with van der Waals surface area (Å²) in [6.45, 7) is 4.09. The monoisotopic (exact) mass is 449 g/mol. The van der Waals surface area contributed by atoms with E-state index in [1.165, 1.54) is 26.1 Å². The first-order chi connectivity index (χ1) is 14.6. The minimum atomic E-state index is -1.76. The van der Waals surface area contributed by atoms with Crippen LogP contribution < -0.4 is 16.2 Å². The van der Waals surface area contributed by atoms with Crippen LogP contribution in [-0.2, 0) is 19.5 Å². The van der Waals surface area contributed by atoms with Crippen molar-refractivity contribution in [1.29, 1.82) is 0 Å². The second-order valence-corrected chi connectivity index (χ2v) is 8.43. The van der Waals surface area contributed by atoms with Crippen molar-refractivity contribution in [2.24, 2.45) is 5.73 Å². The van der Waals surface area contributed by atoms with E-state index in [0.717, 1.165) is 11.4 Å². The Kier molecular flexibility index (Phi) is 5.52. The molecule has 31 heavy (non-hydrogen) atoms. The summed E-state index contributed by atoms with van der Waals surface area (Å²) in [5, 5.41) is 6.21. The van der Waals surface area contributed by atoms with Crippen LogP contribution >= 0.6 is 11.6 Å². The van der Waals surface area contributed by atoms with Gasteiger partial charge in [-0.05, 0) is 25.5 Å². The number of aromatic nitrogens is 5. The molecule has 0 saturated heterocycles. The Morgan fingerprint density at radius 2 is 2.16 bits per heavy atom. The SMILES string of the molecule is CC(C)(F)[C@@H](N)c1nc(F)ccc1Cn1cnc2c1CCN(c1cn[nH]c(=O)c1Cl)C2. The van der Waals surface area contributed by atoms with Gasteiger partial charge in [-0.2, -0.15) is 9.49 Å². The van der Waals surface area contributed by atoms with E-state index in [1.54, 1.807) is 12.4 Å². The number of nitrogens with zero attached hydrogens (tertiary/aromatic N) is 5. The molecular formula is C20H22ClF2N7O. The number of pyridine rings is 1. The van der Waals surface area contributed by atoms with Crippen LogP contribution in [0.5, 0.6) is 0 Å². The van der Waals surface area contributed by atoms with Gasteiger partial charge in [-0.1, -0.05) is 17.7 Å². The van der Waals surface area contributed by atoms with Crippen LogP contribution in [0, 0.1) is 5.95 Å². The minimum Gasteiger partial charge on any atom is -0.362 e. The minimum absolute atomic E-state index is 0.0859. The molecule has 1 aliphatic rings. The smallest absolute Gasteiger partial charge is 0.285 e. The molecule has 1 atom stereocenters. The predicted molar refractivity (Wildman–Crippen MR) is 112 cm³/mol. The number of nitrogens with one attached hydrogen (secondary N) is 1. The Hall–Kier alpha value is -2.85. The van der Waals surface area contributed by atoms with E-state index in [-0.39, 0.29) is 10.7 Å². The fraction of sp³-hybridized carbons (Fsp3) is 0.400. The number of fused-ring (bicyclic) bond motifs is 1. The summed E-state index contributed by atoms with van der Waals surface area (Å²) in [5.41, 5.74) is 7.02. The predicted octanol–water partition coefficient (Wildman–Crippen LogP) is 2.51.